The number of amides is 1. The second-order valence-electron chi connectivity index (χ2n) is 7.13. The zero-order chi connectivity index (χ0) is 19.7. The highest BCUT2D eigenvalue weighted by Gasteiger charge is 2.26. The largest absolute Gasteiger partial charge is 0.353 e. The minimum atomic E-state index is 0.106. The van der Waals surface area contributed by atoms with Crippen molar-refractivity contribution in [2.45, 2.75) is 40.0 Å². The second-order valence-corrected chi connectivity index (χ2v) is 8.22. The summed E-state index contributed by atoms with van der Waals surface area (Å²) in [5.74, 6) is 1.69. The van der Waals surface area contributed by atoms with E-state index in [1.807, 2.05) is 24.8 Å². The van der Waals surface area contributed by atoms with Crippen molar-refractivity contribution >= 4 is 28.8 Å². The van der Waals surface area contributed by atoms with Crippen molar-refractivity contribution in [3.63, 3.8) is 0 Å². The van der Waals surface area contributed by atoms with Gasteiger partial charge in [-0.1, -0.05) is 13.3 Å². The zero-order valence-corrected chi connectivity index (χ0v) is 17.4. The van der Waals surface area contributed by atoms with Crippen molar-refractivity contribution in [2.24, 2.45) is 0 Å². The number of unbranched alkanes of at least 4 members (excludes halogenated alkanes) is 1. The third-order valence-corrected chi connectivity index (χ3v) is 6.24. The van der Waals surface area contributed by atoms with E-state index in [2.05, 4.69) is 31.9 Å². The van der Waals surface area contributed by atoms with Crippen LogP contribution in [0.2, 0.25) is 0 Å². The number of thiazole rings is 1. The number of rotatable bonds is 5. The zero-order valence-electron chi connectivity index (χ0n) is 16.6. The molecule has 0 aliphatic carbocycles. The Labute approximate surface area is 168 Å². The topological polar surface area (TPSA) is 79.5 Å². The Bertz CT molecular complexity index is 987. The van der Waals surface area contributed by atoms with Crippen molar-refractivity contribution in [3.8, 4) is 0 Å². The maximum absolute atomic E-state index is 13.0. The van der Waals surface area contributed by atoms with Gasteiger partial charge in [0.15, 0.2) is 0 Å². The van der Waals surface area contributed by atoms with Crippen LogP contribution in [0.15, 0.2) is 12.4 Å². The molecule has 3 aromatic heterocycles. The molecule has 0 atom stereocenters. The van der Waals surface area contributed by atoms with Crippen LogP contribution in [0.3, 0.4) is 0 Å². The number of piperazine rings is 1. The molecule has 1 aliphatic heterocycles. The number of hydrogen-bond acceptors (Lipinski definition) is 7. The lowest BCUT2D eigenvalue weighted by Crippen LogP contribution is -2.49. The van der Waals surface area contributed by atoms with Gasteiger partial charge in [-0.3, -0.25) is 4.79 Å². The smallest absolute Gasteiger partial charge is 0.265 e. The number of aromatic nitrogens is 5. The molecule has 9 heteroatoms. The van der Waals surface area contributed by atoms with Gasteiger partial charge in [-0.05, 0) is 26.7 Å². The molecule has 0 bridgehead atoms. The molecule has 0 spiro atoms. The summed E-state index contributed by atoms with van der Waals surface area (Å²) in [6.07, 6.45) is 4.73. The number of carbonyl (C=O) groups excluding carboxylic acids is 1. The van der Waals surface area contributed by atoms with E-state index in [1.165, 1.54) is 6.33 Å². The van der Waals surface area contributed by atoms with Gasteiger partial charge in [-0.25, -0.2) is 9.97 Å². The summed E-state index contributed by atoms with van der Waals surface area (Å²) >= 11 is 1.56. The Balaban J connectivity index is 1.46. The first kappa shape index (κ1) is 18.8. The van der Waals surface area contributed by atoms with Gasteiger partial charge in [0.1, 0.15) is 17.0 Å². The third-order valence-electron chi connectivity index (χ3n) is 5.03. The SMILES string of the molecule is CCCCc1nc(C)c(C(=O)N2CCN(c3cc(C)nc4ncnn34)CC2)s1. The lowest BCUT2D eigenvalue weighted by Gasteiger charge is -2.35. The number of carbonyl (C=O) groups is 1. The lowest BCUT2D eigenvalue weighted by molar-refractivity contribution is 0.0750. The van der Waals surface area contributed by atoms with Gasteiger partial charge < -0.3 is 9.80 Å². The first-order valence-electron chi connectivity index (χ1n) is 9.74. The van der Waals surface area contributed by atoms with Crippen molar-refractivity contribution in [3.05, 3.63) is 33.7 Å². The van der Waals surface area contributed by atoms with Crippen LogP contribution in [0.25, 0.3) is 5.78 Å². The molecule has 0 N–H and O–H groups in total. The molecule has 28 heavy (non-hydrogen) atoms. The molecule has 1 aliphatic rings. The fraction of sp³-hybridized carbons (Fsp3) is 0.526. The fourth-order valence-corrected chi connectivity index (χ4v) is 4.58. The van der Waals surface area contributed by atoms with Crippen molar-refractivity contribution in [1.29, 1.82) is 0 Å². The van der Waals surface area contributed by atoms with E-state index in [0.29, 0.717) is 18.9 Å². The summed E-state index contributed by atoms with van der Waals surface area (Å²) in [5.41, 5.74) is 1.77. The predicted octanol–water partition coefficient (Wildman–Crippen LogP) is 2.50. The number of aryl methyl sites for hydroxylation is 3. The van der Waals surface area contributed by atoms with E-state index in [1.54, 1.807) is 15.9 Å². The van der Waals surface area contributed by atoms with Crippen LogP contribution in [0.5, 0.6) is 0 Å². The normalized spacial score (nSPS) is 14.8. The van der Waals surface area contributed by atoms with Gasteiger partial charge in [0.25, 0.3) is 11.7 Å². The molecule has 8 nitrogen and oxygen atoms in total. The van der Waals surface area contributed by atoms with E-state index in [0.717, 1.165) is 59.4 Å². The number of nitrogens with zero attached hydrogens (tertiary/aromatic N) is 7. The Morgan fingerprint density at radius 1 is 1.18 bits per heavy atom. The van der Waals surface area contributed by atoms with Crippen LogP contribution in [-0.2, 0) is 6.42 Å². The Morgan fingerprint density at radius 3 is 2.71 bits per heavy atom. The molecule has 3 aromatic rings. The number of hydrogen-bond donors (Lipinski definition) is 0. The maximum atomic E-state index is 13.0. The second kappa shape index (κ2) is 7.83. The summed E-state index contributed by atoms with van der Waals surface area (Å²) in [6.45, 7) is 8.94. The van der Waals surface area contributed by atoms with Gasteiger partial charge in [-0.15, -0.1) is 11.3 Å². The van der Waals surface area contributed by atoms with Crippen molar-refractivity contribution < 1.29 is 4.79 Å². The molecule has 148 valence electrons. The molecular formula is C19H25N7OS. The summed E-state index contributed by atoms with van der Waals surface area (Å²) in [7, 11) is 0. The molecule has 1 amide bonds. The summed E-state index contributed by atoms with van der Waals surface area (Å²) in [5, 5.41) is 5.36. The highest BCUT2D eigenvalue weighted by molar-refractivity contribution is 7.13. The number of anilines is 1. The number of fused-ring (bicyclic) bond motifs is 1. The molecular weight excluding hydrogens is 374 g/mol. The first-order chi connectivity index (χ1) is 13.6. The van der Waals surface area contributed by atoms with Crippen molar-refractivity contribution in [2.75, 3.05) is 31.1 Å². The summed E-state index contributed by atoms with van der Waals surface area (Å²) in [4.78, 5) is 31.2. The fourth-order valence-electron chi connectivity index (χ4n) is 3.50. The molecule has 4 heterocycles. The molecule has 1 fully saturated rings. The van der Waals surface area contributed by atoms with Crippen LogP contribution in [0.1, 0.15) is 45.8 Å². The average Bonchev–Trinajstić information content (AvgIpc) is 3.31. The van der Waals surface area contributed by atoms with Gasteiger partial charge in [0, 0.05) is 37.9 Å². The van der Waals surface area contributed by atoms with E-state index in [-0.39, 0.29) is 5.91 Å². The van der Waals surface area contributed by atoms with E-state index in [4.69, 9.17) is 0 Å². The monoisotopic (exact) mass is 399 g/mol. The standard InChI is InChI=1S/C19H25N7OS/c1-4-5-6-15-23-14(3)17(28-15)18(27)25-9-7-24(8-10-25)16-11-13(2)22-19-20-12-21-26(16)19/h11-12H,4-10H2,1-3H3. The van der Waals surface area contributed by atoms with Crippen LogP contribution >= 0.6 is 11.3 Å². The average molecular weight is 400 g/mol. The Kier molecular flexibility index (Phi) is 5.25. The summed E-state index contributed by atoms with van der Waals surface area (Å²) < 4.78 is 1.76. The van der Waals surface area contributed by atoms with Crippen LogP contribution in [0.4, 0.5) is 5.82 Å². The summed E-state index contributed by atoms with van der Waals surface area (Å²) in [6, 6.07) is 2.02. The van der Waals surface area contributed by atoms with Crippen LogP contribution in [0, 0.1) is 13.8 Å². The molecule has 0 aromatic carbocycles. The molecule has 0 saturated carbocycles. The highest BCUT2D eigenvalue weighted by Crippen LogP contribution is 2.23. The van der Waals surface area contributed by atoms with Gasteiger partial charge in [0.05, 0.1) is 10.7 Å². The van der Waals surface area contributed by atoms with E-state index < -0.39 is 0 Å². The van der Waals surface area contributed by atoms with Crippen LogP contribution < -0.4 is 4.90 Å². The Morgan fingerprint density at radius 2 is 1.96 bits per heavy atom. The van der Waals surface area contributed by atoms with Crippen LogP contribution in [-0.4, -0.2) is 61.6 Å². The lowest BCUT2D eigenvalue weighted by atomic mass is 10.2. The Hall–Kier alpha value is -2.55. The third kappa shape index (κ3) is 3.58. The molecule has 1 saturated heterocycles. The maximum Gasteiger partial charge on any atom is 0.265 e. The van der Waals surface area contributed by atoms with Gasteiger partial charge in [0.2, 0.25) is 0 Å². The van der Waals surface area contributed by atoms with Gasteiger partial charge >= 0.3 is 0 Å². The van der Waals surface area contributed by atoms with E-state index in [9.17, 15) is 4.79 Å². The quantitative estimate of drug-likeness (QED) is 0.656. The molecule has 0 unspecified atom stereocenters. The van der Waals surface area contributed by atoms with Gasteiger partial charge in [-0.2, -0.15) is 14.6 Å². The highest BCUT2D eigenvalue weighted by atomic mass is 32.1. The van der Waals surface area contributed by atoms with Crippen molar-refractivity contribution in [1.82, 2.24) is 29.5 Å². The molecule has 4 rings (SSSR count). The minimum Gasteiger partial charge on any atom is -0.353 e. The first-order valence-corrected chi connectivity index (χ1v) is 10.6. The molecule has 0 radical (unpaired) electrons. The minimum absolute atomic E-state index is 0.106. The predicted molar refractivity (Wildman–Crippen MR) is 109 cm³/mol. The van der Waals surface area contributed by atoms with E-state index >= 15 is 0 Å².